The van der Waals surface area contributed by atoms with E-state index in [2.05, 4.69) is 5.32 Å². The van der Waals surface area contributed by atoms with Crippen molar-refractivity contribution in [1.82, 2.24) is 10.2 Å². The Balaban J connectivity index is 1.47. The number of nitrogens with one attached hydrogen (secondary N) is 1. The lowest BCUT2D eigenvalue weighted by molar-refractivity contribution is 0.179. The predicted octanol–water partition coefficient (Wildman–Crippen LogP) is 1.31. The molecule has 0 aromatic heterocycles. The second-order valence-electron chi connectivity index (χ2n) is 5.97. The summed E-state index contributed by atoms with van der Waals surface area (Å²) >= 11 is 0. The minimum Gasteiger partial charge on any atom is -0.351 e. The standard InChI is InChI=1S/C13H23N3O/c14-13(17)16-7-5-11(6-8-16)15-12(9-1-2-9)10-3-4-10/h9-12,15H,1-8H2,(H2,14,17). The van der Waals surface area contributed by atoms with E-state index >= 15 is 0 Å². The highest BCUT2D eigenvalue weighted by Crippen LogP contribution is 2.44. The van der Waals surface area contributed by atoms with Crippen molar-refractivity contribution in [2.45, 2.75) is 50.6 Å². The molecule has 3 N–H and O–H groups in total. The molecule has 0 spiro atoms. The zero-order chi connectivity index (χ0) is 11.8. The van der Waals surface area contributed by atoms with Gasteiger partial charge in [-0.1, -0.05) is 0 Å². The van der Waals surface area contributed by atoms with Crippen LogP contribution in [0.3, 0.4) is 0 Å². The normalized spacial score (nSPS) is 26.5. The molecule has 0 aromatic rings. The van der Waals surface area contributed by atoms with Crippen molar-refractivity contribution in [2.75, 3.05) is 13.1 Å². The van der Waals surface area contributed by atoms with Crippen LogP contribution in [0, 0.1) is 11.8 Å². The van der Waals surface area contributed by atoms with E-state index in [4.69, 9.17) is 5.73 Å². The first-order valence-electron chi connectivity index (χ1n) is 7.04. The highest BCUT2D eigenvalue weighted by Gasteiger charge is 2.42. The lowest BCUT2D eigenvalue weighted by Crippen LogP contribution is -2.50. The first-order chi connectivity index (χ1) is 8.24. The SMILES string of the molecule is NC(=O)N1CCC(NC(C2CC2)C2CC2)CC1. The summed E-state index contributed by atoms with van der Waals surface area (Å²) in [5.41, 5.74) is 5.30. The number of carbonyl (C=O) groups is 1. The van der Waals surface area contributed by atoms with Crippen molar-refractivity contribution < 1.29 is 4.79 Å². The topological polar surface area (TPSA) is 58.4 Å². The Morgan fingerprint density at radius 2 is 1.59 bits per heavy atom. The molecule has 2 aliphatic carbocycles. The molecule has 4 heteroatoms. The molecule has 1 heterocycles. The average Bonchev–Trinajstić information content (AvgIpc) is 3.17. The Morgan fingerprint density at radius 1 is 1.06 bits per heavy atom. The van der Waals surface area contributed by atoms with Crippen molar-refractivity contribution in [2.24, 2.45) is 17.6 Å². The fraction of sp³-hybridized carbons (Fsp3) is 0.923. The zero-order valence-electron chi connectivity index (χ0n) is 10.4. The van der Waals surface area contributed by atoms with Gasteiger partial charge in [0.15, 0.2) is 0 Å². The van der Waals surface area contributed by atoms with E-state index in [0.29, 0.717) is 6.04 Å². The summed E-state index contributed by atoms with van der Waals surface area (Å²) in [5, 5.41) is 3.86. The maximum absolute atomic E-state index is 11.0. The Labute approximate surface area is 103 Å². The second kappa shape index (κ2) is 4.48. The molecule has 4 nitrogen and oxygen atoms in total. The number of primary amides is 1. The number of piperidine rings is 1. The van der Waals surface area contributed by atoms with E-state index in [1.165, 1.54) is 25.7 Å². The van der Waals surface area contributed by atoms with Crippen LogP contribution in [0.5, 0.6) is 0 Å². The third-order valence-corrected chi connectivity index (χ3v) is 4.49. The fourth-order valence-corrected chi connectivity index (χ4v) is 3.11. The Morgan fingerprint density at radius 3 is 2.00 bits per heavy atom. The molecule has 1 aliphatic heterocycles. The summed E-state index contributed by atoms with van der Waals surface area (Å²) in [6.45, 7) is 1.66. The first-order valence-corrected chi connectivity index (χ1v) is 7.04. The number of nitrogens with zero attached hydrogens (tertiary/aromatic N) is 1. The maximum atomic E-state index is 11.0. The third-order valence-electron chi connectivity index (χ3n) is 4.49. The van der Waals surface area contributed by atoms with Crippen molar-refractivity contribution in [3.8, 4) is 0 Å². The Kier molecular flexibility index (Phi) is 2.99. The monoisotopic (exact) mass is 237 g/mol. The number of rotatable bonds is 4. The summed E-state index contributed by atoms with van der Waals surface area (Å²) in [7, 11) is 0. The van der Waals surface area contributed by atoms with Crippen LogP contribution >= 0.6 is 0 Å². The number of nitrogens with two attached hydrogens (primary N) is 1. The molecule has 96 valence electrons. The molecule has 3 rings (SSSR count). The van der Waals surface area contributed by atoms with Crippen LogP contribution < -0.4 is 11.1 Å². The fourth-order valence-electron chi connectivity index (χ4n) is 3.11. The molecule has 3 fully saturated rings. The van der Waals surface area contributed by atoms with Crippen molar-refractivity contribution in [3.63, 3.8) is 0 Å². The van der Waals surface area contributed by atoms with Crippen molar-refractivity contribution in [1.29, 1.82) is 0 Å². The second-order valence-corrected chi connectivity index (χ2v) is 5.97. The van der Waals surface area contributed by atoms with Gasteiger partial charge in [0.1, 0.15) is 0 Å². The van der Waals surface area contributed by atoms with Crippen LogP contribution in [0.15, 0.2) is 0 Å². The van der Waals surface area contributed by atoms with E-state index in [1.807, 2.05) is 0 Å². The van der Waals surface area contributed by atoms with E-state index in [-0.39, 0.29) is 6.03 Å². The number of urea groups is 1. The van der Waals surface area contributed by atoms with Gasteiger partial charge in [-0.05, 0) is 50.4 Å². The third kappa shape index (κ3) is 2.73. The zero-order valence-corrected chi connectivity index (χ0v) is 10.4. The van der Waals surface area contributed by atoms with Gasteiger partial charge in [-0.25, -0.2) is 4.79 Å². The Bertz CT molecular complexity index is 279. The molecule has 0 atom stereocenters. The maximum Gasteiger partial charge on any atom is 0.314 e. The van der Waals surface area contributed by atoms with Crippen LogP contribution in [-0.4, -0.2) is 36.1 Å². The van der Waals surface area contributed by atoms with Crippen LogP contribution in [0.25, 0.3) is 0 Å². The summed E-state index contributed by atoms with van der Waals surface area (Å²) in [6.07, 6.45) is 7.84. The van der Waals surface area contributed by atoms with E-state index in [1.54, 1.807) is 4.90 Å². The number of carbonyl (C=O) groups excluding carboxylic acids is 1. The van der Waals surface area contributed by atoms with Gasteiger partial charge >= 0.3 is 6.03 Å². The molecular weight excluding hydrogens is 214 g/mol. The first kappa shape index (κ1) is 11.3. The van der Waals surface area contributed by atoms with Gasteiger partial charge in [0, 0.05) is 25.2 Å². The molecule has 17 heavy (non-hydrogen) atoms. The van der Waals surface area contributed by atoms with Crippen LogP contribution in [0.2, 0.25) is 0 Å². The van der Waals surface area contributed by atoms with E-state index < -0.39 is 0 Å². The van der Waals surface area contributed by atoms with Gasteiger partial charge in [-0.2, -0.15) is 0 Å². The van der Waals surface area contributed by atoms with Gasteiger partial charge < -0.3 is 16.0 Å². The van der Waals surface area contributed by atoms with Gasteiger partial charge in [0.2, 0.25) is 0 Å². The smallest absolute Gasteiger partial charge is 0.314 e. The highest BCUT2D eigenvalue weighted by molar-refractivity contribution is 5.72. The van der Waals surface area contributed by atoms with Crippen LogP contribution in [0.1, 0.15) is 38.5 Å². The minimum absolute atomic E-state index is 0.260. The van der Waals surface area contributed by atoms with E-state index in [0.717, 1.165) is 43.8 Å². The van der Waals surface area contributed by atoms with Gasteiger partial charge in [-0.15, -0.1) is 0 Å². The minimum atomic E-state index is -0.260. The molecular formula is C13H23N3O. The van der Waals surface area contributed by atoms with E-state index in [9.17, 15) is 4.79 Å². The Hall–Kier alpha value is -0.770. The number of likely N-dealkylation sites (tertiary alicyclic amines) is 1. The summed E-state index contributed by atoms with van der Waals surface area (Å²) < 4.78 is 0. The van der Waals surface area contributed by atoms with Crippen molar-refractivity contribution in [3.05, 3.63) is 0 Å². The molecule has 1 saturated heterocycles. The largest absolute Gasteiger partial charge is 0.351 e. The summed E-state index contributed by atoms with van der Waals surface area (Å²) in [4.78, 5) is 12.8. The lowest BCUT2D eigenvalue weighted by Gasteiger charge is -2.34. The predicted molar refractivity (Wildman–Crippen MR) is 66.6 cm³/mol. The number of hydrogen-bond donors (Lipinski definition) is 2. The average molecular weight is 237 g/mol. The van der Waals surface area contributed by atoms with Crippen molar-refractivity contribution >= 4 is 6.03 Å². The van der Waals surface area contributed by atoms with Gasteiger partial charge in [-0.3, -0.25) is 0 Å². The van der Waals surface area contributed by atoms with Gasteiger partial charge in [0.05, 0.1) is 0 Å². The molecule has 2 amide bonds. The summed E-state index contributed by atoms with van der Waals surface area (Å²) in [6, 6.07) is 1.13. The molecule has 3 aliphatic rings. The molecule has 0 unspecified atom stereocenters. The molecule has 0 radical (unpaired) electrons. The molecule has 2 saturated carbocycles. The number of hydrogen-bond acceptors (Lipinski definition) is 2. The number of amides is 2. The summed E-state index contributed by atoms with van der Waals surface area (Å²) in [5.74, 6) is 1.91. The highest BCUT2D eigenvalue weighted by atomic mass is 16.2. The van der Waals surface area contributed by atoms with Gasteiger partial charge in [0.25, 0.3) is 0 Å². The molecule has 0 aromatic carbocycles. The molecule has 0 bridgehead atoms. The van der Waals surface area contributed by atoms with Crippen LogP contribution in [-0.2, 0) is 0 Å². The quantitative estimate of drug-likeness (QED) is 0.774. The van der Waals surface area contributed by atoms with Crippen LogP contribution in [0.4, 0.5) is 4.79 Å². The lowest BCUT2D eigenvalue weighted by atomic mass is 10.0.